The second-order valence-electron chi connectivity index (χ2n) is 4.15. The lowest BCUT2D eigenvalue weighted by Crippen LogP contribution is -2.45. The van der Waals surface area contributed by atoms with Gasteiger partial charge in [0, 0.05) is 22.5 Å². The van der Waals surface area contributed by atoms with Crippen LogP contribution in [0.1, 0.15) is 29.6 Å². The van der Waals surface area contributed by atoms with Crippen molar-refractivity contribution in [2.75, 3.05) is 13.1 Å². The Morgan fingerprint density at radius 3 is 2.71 bits per heavy atom. The first-order valence-electron chi connectivity index (χ1n) is 5.71. The number of piperidine rings is 1. The number of thiol groups is 1. The van der Waals surface area contributed by atoms with Gasteiger partial charge in [-0.1, -0.05) is 6.42 Å². The first-order valence-corrected chi connectivity index (χ1v) is 6.95. The van der Waals surface area contributed by atoms with Gasteiger partial charge in [0.05, 0.1) is 5.56 Å². The molecule has 0 radical (unpaired) electrons. The maximum Gasteiger partial charge on any atom is 0.266 e. The van der Waals surface area contributed by atoms with Gasteiger partial charge in [-0.05, 0) is 47.0 Å². The lowest BCUT2D eigenvalue weighted by molar-refractivity contribution is 0.0749. The molecule has 5 heteroatoms. The third kappa shape index (κ3) is 3.47. The van der Waals surface area contributed by atoms with Gasteiger partial charge in [0.15, 0.2) is 0 Å². The van der Waals surface area contributed by atoms with E-state index >= 15 is 0 Å². The molecule has 0 atom stereocenters. The van der Waals surface area contributed by atoms with Crippen LogP contribution < -0.4 is 5.43 Å². The van der Waals surface area contributed by atoms with Crippen molar-refractivity contribution >= 4 is 34.5 Å². The predicted octanol–water partition coefficient (Wildman–Crippen LogP) is 2.87. The van der Waals surface area contributed by atoms with Gasteiger partial charge in [0.25, 0.3) is 5.91 Å². The zero-order chi connectivity index (χ0) is 12.3. The summed E-state index contributed by atoms with van der Waals surface area (Å²) < 4.78 is 0.796. The first-order chi connectivity index (χ1) is 8.16. The van der Waals surface area contributed by atoms with Crippen molar-refractivity contribution in [3.8, 4) is 0 Å². The summed E-state index contributed by atoms with van der Waals surface area (Å²) in [7, 11) is 0. The molecule has 2 rings (SSSR count). The molecule has 1 fully saturated rings. The van der Waals surface area contributed by atoms with Crippen LogP contribution in [-0.2, 0) is 0 Å². The van der Waals surface area contributed by atoms with Gasteiger partial charge in [0.1, 0.15) is 0 Å². The smallest absolute Gasteiger partial charge is 0.266 e. The Balaban J connectivity index is 2.05. The minimum absolute atomic E-state index is 0.0744. The average Bonchev–Trinajstić information content (AvgIpc) is 2.33. The molecule has 0 aliphatic carbocycles. The third-order valence-corrected chi connectivity index (χ3v) is 3.78. The van der Waals surface area contributed by atoms with Crippen molar-refractivity contribution in [1.82, 2.24) is 10.4 Å². The fraction of sp³-hybridized carbons (Fsp3) is 0.417. The predicted molar refractivity (Wildman–Crippen MR) is 74.3 cm³/mol. The lowest BCUT2D eigenvalue weighted by Gasteiger charge is -2.27. The quantitative estimate of drug-likeness (QED) is 0.823. The highest BCUT2D eigenvalue weighted by molar-refractivity contribution is 9.10. The Bertz CT molecular complexity index is 419. The van der Waals surface area contributed by atoms with Crippen LogP contribution in [0.2, 0.25) is 0 Å². The third-order valence-electron chi connectivity index (χ3n) is 2.81. The number of nitrogens with zero attached hydrogens (tertiary/aromatic N) is 1. The fourth-order valence-electron chi connectivity index (χ4n) is 1.90. The molecule has 0 saturated carbocycles. The van der Waals surface area contributed by atoms with E-state index in [1.165, 1.54) is 6.42 Å². The SMILES string of the molecule is O=C(NN1CCCCC1)c1cc(S)ccc1Br. The van der Waals surface area contributed by atoms with Crippen molar-refractivity contribution in [1.29, 1.82) is 0 Å². The molecule has 1 amide bonds. The Labute approximate surface area is 115 Å². The molecule has 1 saturated heterocycles. The molecule has 0 unspecified atom stereocenters. The number of hydrogen-bond acceptors (Lipinski definition) is 3. The summed E-state index contributed by atoms with van der Waals surface area (Å²) in [5, 5.41) is 1.99. The highest BCUT2D eigenvalue weighted by Gasteiger charge is 2.15. The molecule has 1 aliphatic heterocycles. The number of carbonyl (C=O) groups excluding carboxylic acids is 1. The van der Waals surface area contributed by atoms with E-state index in [9.17, 15) is 4.79 Å². The summed E-state index contributed by atoms with van der Waals surface area (Å²) in [6, 6.07) is 5.46. The standard InChI is InChI=1S/C12H15BrN2OS/c13-11-5-4-9(17)8-10(11)12(16)14-15-6-2-1-3-7-15/h4-5,8,17H,1-3,6-7H2,(H,14,16). The molecule has 1 N–H and O–H groups in total. The second-order valence-corrected chi connectivity index (χ2v) is 5.52. The van der Waals surface area contributed by atoms with Gasteiger partial charge < -0.3 is 0 Å². The average molecular weight is 315 g/mol. The van der Waals surface area contributed by atoms with E-state index in [2.05, 4.69) is 34.0 Å². The maximum absolute atomic E-state index is 12.1. The number of nitrogens with one attached hydrogen (secondary N) is 1. The summed E-state index contributed by atoms with van der Waals surface area (Å²) in [5.74, 6) is -0.0744. The van der Waals surface area contributed by atoms with Gasteiger partial charge in [-0.15, -0.1) is 12.6 Å². The van der Waals surface area contributed by atoms with E-state index < -0.39 is 0 Å². The van der Waals surface area contributed by atoms with E-state index in [0.29, 0.717) is 5.56 Å². The molecule has 3 nitrogen and oxygen atoms in total. The van der Waals surface area contributed by atoms with Crippen LogP contribution in [0.3, 0.4) is 0 Å². The lowest BCUT2D eigenvalue weighted by atomic mass is 10.1. The molecule has 1 aliphatic rings. The highest BCUT2D eigenvalue weighted by Crippen LogP contribution is 2.20. The van der Waals surface area contributed by atoms with Crippen LogP contribution in [-0.4, -0.2) is 24.0 Å². The van der Waals surface area contributed by atoms with Crippen molar-refractivity contribution in [3.05, 3.63) is 28.2 Å². The van der Waals surface area contributed by atoms with E-state index in [0.717, 1.165) is 35.3 Å². The second kappa shape index (κ2) is 5.89. The van der Waals surface area contributed by atoms with Gasteiger partial charge in [-0.3, -0.25) is 10.2 Å². The van der Waals surface area contributed by atoms with Crippen molar-refractivity contribution in [3.63, 3.8) is 0 Å². The fourth-order valence-corrected chi connectivity index (χ4v) is 2.53. The summed E-state index contributed by atoms with van der Waals surface area (Å²) >= 11 is 7.63. The summed E-state index contributed by atoms with van der Waals surface area (Å²) in [5.41, 5.74) is 3.56. The molecule has 17 heavy (non-hydrogen) atoms. The van der Waals surface area contributed by atoms with E-state index in [-0.39, 0.29) is 5.91 Å². The topological polar surface area (TPSA) is 32.3 Å². The van der Waals surface area contributed by atoms with Crippen LogP contribution in [0.25, 0.3) is 0 Å². The van der Waals surface area contributed by atoms with Gasteiger partial charge >= 0.3 is 0 Å². The Kier molecular flexibility index (Phi) is 4.48. The molecule has 0 spiro atoms. The highest BCUT2D eigenvalue weighted by atomic mass is 79.9. The van der Waals surface area contributed by atoms with E-state index in [1.54, 1.807) is 6.07 Å². The molecule has 92 valence electrons. The van der Waals surface area contributed by atoms with Crippen LogP contribution in [0.4, 0.5) is 0 Å². The first kappa shape index (κ1) is 12.9. The number of amides is 1. The van der Waals surface area contributed by atoms with Crippen LogP contribution in [0.15, 0.2) is 27.6 Å². The van der Waals surface area contributed by atoms with Gasteiger partial charge in [-0.25, -0.2) is 5.01 Å². The summed E-state index contributed by atoms with van der Waals surface area (Å²) in [6.07, 6.45) is 3.55. The van der Waals surface area contributed by atoms with Crippen molar-refractivity contribution in [2.45, 2.75) is 24.2 Å². The van der Waals surface area contributed by atoms with Crippen LogP contribution in [0.5, 0.6) is 0 Å². The minimum Gasteiger partial charge on any atom is -0.285 e. The van der Waals surface area contributed by atoms with Crippen LogP contribution >= 0.6 is 28.6 Å². The zero-order valence-electron chi connectivity index (χ0n) is 9.45. The largest absolute Gasteiger partial charge is 0.285 e. The number of hydrazine groups is 1. The molecule has 1 aromatic carbocycles. The van der Waals surface area contributed by atoms with Crippen molar-refractivity contribution in [2.24, 2.45) is 0 Å². The molecule has 0 bridgehead atoms. The van der Waals surface area contributed by atoms with E-state index in [4.69, 9.17) is 0 Å². The summed E-state index contributed by atoms with van der Waals surface area (Å²) in [6.45, 7) is 1.87. The van der Waals surface area contributed by atoms with Crippen LogP contribution in [0, 0.1) is 0 Å². The normalized spacial score (nSPS) is 16.8. The van der Waals surface area contributed by atoms with E-state index in [1.807, 2.05) is 17.1 Å². The molecular weight excluding hydrogens is 300 g/mol. The Morgan fingerprint density at radius 2 is 2.00 bits per heavy atom. The monoisotopic (exact) mass is 314 g/mol. The molecular formula is C12H15BrN2OS. The summed E-state index contributed by atoms with van der Waals surface area (Å²) in [4.78, 5) is 12.9. The zero-order valence-corrected chi connectivity index (χ0v) is 11.9. The number of benzene rings is 1. The maximum atomic E-state index is 12.1. The number of halogens is 1. The number of hydrogen-bond donors (Lipinski definition) is 2. The Morgan fingerprint density at radius 1 is 1.29 bits per heavy atom. The van der Waals surface area contributed by atoms with Crippen molar-refractivity contribution < 1.29 is 4.79 Å². The number of rotatable bonds is 2. The molecule has 1 heterocycles. The molecule has 1 aromatic rings. The number of carbonyl (C=O) groups is 1. The molecule has 0 aromatic heterocycles. The van der Waals surface area contributed by atoms with Gasteiger partial charge in [0.2, 0.25) is 0 Å². The minimum atomic E-state index is -0.0744. The van der Waals surface area contributed by atoms with Gasteiger partial charge in [-0.2, -0.15) is 0 Å². The Hall–Kier alpha value is -0.520.